The number of ether oxygens (including phenoxy) is 1. The monoisotopic (exact) mass is 526 g/mol. The molecule has 0 fully saturated rings. The lowest BCUT2D eigenvalue weighted by atomic mass is 10.1. The molecule has 1 aromatic heterocycles. The van der Waals surface area contributed by atoms with Crippen molar-refractivity contribution in [2.45, 2.75) is 13.1 Å². The fraction of sp³-hybridized carbons (Fsp3) is 0.125. The molecule has 0 unspecified atom stereocenters. The summed E-state index contributed by atoms with van der Waals surface area (Å²) < 4.78 is 7.57. The minimum Gasteiger partial charge on any atom is -0.504 e. The Balaban J connectivity index is 1.64. The van der Waals surface area contributed by atoms with Crippen LogP contribution < -0.4 is 10.1 Å². The van der Waals surface area contributed by atoms with Gasteiger partial charge in [0.15, 0.2) is 17.2 Å². The zero-order valence-electron chi connectivity index (χ0n) is 17.6. The third kappa shape index (κ3) is 5.18. The number of benzene rings is 3. The number of methoxy groups -OCH3 is 1. The molecule has 3 aromatic carbocycles. The van der Waals surface area contributed by atoms with Crippen LogP contribution in [0.5, 0.6) is 11.5 Å². The van der Waals surface area contributed by atoms with Crippen LogP contribution in [0.25, 0.3) is 11.3 Å². The summed E-state index contributed by atoms with van der Waals surface area (Å²) in [5.74, 6) is -0.135. The van der Waals surface area contributed by atoms with Crippen LogP contribution in [0.15, 0.2) is 71.2 Å². The minimum atomic E-state index is -0.412. The Morgan fingerprint density at radius 2 is 1.94 bits per heavy atom. The van der Waals surface area contributed by atoms with Crippen LogP contribution in [0, 0.1) is 0 Å². The second-order valence-electron chi connectivity index (χ2n) is 7.24. The van der Waals surface area contributed by atoms with E-state index < -0.39 is 5.91 Å². The fourth-order valence-corrected chi connectivity index (χ4v) is 4.14. The first-order valence-corrected chi connectivity index (χ1v) is 11.2. The highest BCUT2D eigenvalue weighted by atomic mass is 79.9. The molecule has 4 rings (SSSR count). The van der Waals surface area contributed by atoms with Crippen LogP contribution in [0.3, 0.4) is 0 Å². The number of amides is 1. The van der Waals surface area contributed by atoms with E-state index in [1.165, 1.54) is 7.11 Å². The number of carbonyl (C=O) groups is 1. The number of rotatable bonds is 7. The molecule has 1 amide bonds. The van der Waals surface area contributed by atoms with Gasteiger partial charge in [-0.05, 0) is 29.8 Å². The molecule has 0 atom stereocenters. The maximum atomic E-state index is 13.1. The summed E-state index contributed by atoms with van der Waals surface area (Å²) >= 11 is 9.51. The molecule has 168 valence electrons. The number of nitrogens with one attached hydrogen (secondary N) is 1. The number of nitrogens with zero attached hydrogens (tertiary/aromatic N) is 3. The first-order valence-electron chi connectivity index (χ1n) is 10.0. The average Bonchev–Trinajstić information content (AvgIpc) is 3.23. The second-order valence-corrected chi connectivity index (χ2v) is 8.59. The molecule has 33 heavy (non-hydrogen) atoms. The smallest absolute Gasteiger partial charge is 0.274 e. The van der Waals surface area contributed by atoms with E-state index in [4.69, 9.17) is 16.3 Å². The first-order chi connectivity index (χ1) is 16.0. The van der Waals surface area contributed by atoms with Crippen LogP contribution >= 0.6 is 27.5 Å². The van der Waals surface area contributed by atoms with Crippen molar-refractivity contribution >= 4 is 33.4 Å². The molecule has 2 N–H and O–H groups in total. The van der Waals surface area contributed by atoms with E-state index in [1.54, 1.807) is 22.9 Å². The van der Waals surface area contributed by atoms with Gasteiger partial charge in [0.05, 0.1) is 13.7 Å². The van der Waals surface area contributed by atoms with Crippen molar-refractivity contribution in [2.24, 2.45) is 0 Å². The maximum Gasteiger partial charge on any atom is 0.274 e. The number of aromatic hydroxyl groups is 1. The highest BCUT2D eigenvalue weighted by Crippen LogP contribution is 2.33. The van der Waals surface area contributed by atoms with Crippen LogP contribution in [0.4, 0.5) is 0 Å². The van der Waals surface area contributed by atoms with Crippen LogP contribution in [0.1, 0.15) is 21.6 Å². The summed E-state index contributed by atoms with van der Waals surface area (Å²) in [4.78, 5) is 13.1. The van der Waals surface area contributed by atoms with E-state index in [0.717, 1.165) is 15.6 Å². The van der Waals surface area contributed by atoms with Gasteiger partial charge in [-0.3, -0.25) is 4.79 Å². The van der Waals surface area contributed by atoms with E-state index in [1.807, 2.05) is 48.5 Å². The van der Waals surface area contributed by atoms with E-state index >= 15 is 0 Å². The lowest BCUT2D eigenvalue weighted by Gasteiger charge is -2.12. The quantitative estimate of drug-likeness (QED) is 0.351. The third-order valence-electron chi connectivity index (χ3n) is 5.00. The number of hydrogen-bond acceptors (Lipinski definition) is 5. The molecule has 0 aliphatic rings. The van der Waals surface area contributed by atoms with Gasteiger partial charge in [0.25, 0.3) is 5.91 Å². The van der Waals surface area contributed by atoms with Crippen molar-refractivity contribution in [3.63, 3.8) is 0 Å². The Bertz CT molecular complexity index is 1290. The van der Waals surface area contributed by atoms with Gasteiger partial charge in [0.2, 0.25) is 0 Å². The predicted octanol–water partition coefficient (Wildman–Crippen LogP) is 5.05. The molecule has 0 radical (unpaired) electrons. The Hall–Kier alpha value is -3.36. The maximum absolute atomic E-state index is 13.1. The summed E-state index contributed by atoms with van der Waals surface area (Å²) in [6.45, 7) is 0.477. The molecule has 0 saturated carbocycles. The molecular formula is C24H20BrClN4O3. The van der Waals surface area contributed by atoms with Gasteiger partial charge in [-0.2, -0.15) is 0 Å². The highest BCUT2D eigenvalue weighted by molar-refractivity contribution is 9.10. The Morgan fingerprint density at radius 3 is 2.67 bits per heavy atom. The summed E-state index contributed by atoms with van der Waals surface area (Å²) in [5, 5.41) is 22.2. The van der Waals surface area contributed by atoms with Gasteiger partial charge in [-0.1, -0.05) is 75.2 Å². The van der Waals surface area contributed by atoms with Crippen molar-refractivity contribution in [3.05, 3.63) is 93.0 Å². The lowest BCUT2D eigenvalue weighted by Crippen LogP contribution is -2.24. The molecule has 7 nitrogen and oxygen atoms in total. The van der Waals surface area contributed by atoms with E-state index in [9.17, 15) is 9.90 Å². The SMILES string of the molecule is COc1cc(Br)cc(CNC(=O)c2nnn(Cc3cccc(Cl)c3)c2-c2ccccc2)c1O. The fourth-order valence-electron chi connectivity index (χ4n) is 3.44. The number of phenols is 1. The van der Waals surface area contributed by atoms with Gasteiger partial charge < -0.3 is 15.2 Å². The van der Waals surface area contributed by atoms with Crippen molar-refractivity contribution < 1.29 is 14.6 Å². The third-order valence-corrected chi connectivity index (χ3v) is 5.69. The number of carbonyl (C=O) groups excluding carboxylic acids is 1. The van der Waals surface area contributed by atoms with Gasteiger partial charge in [0.1, 0.15) is 5.69 Å². The molecule has 0 spiro atoms. The van der Waals surface area contributed by atoms with Crippen LogP contribution in [-0.4, -0.2) is 33.1 Å². The average molecular weight is 528 g/mol. The molecule has 9 heteroatoms. The number of aromatic nitrogens is 3. The van der Waals surface area contributed by atoms with Crippen molar-refractivity contribution in [1.29, 1.82) is 0 Å². The number of phenolic OH excluding ortho intramolecular Hbond substituents is 1. The normalized spacial score (nSPS) is 10.8. The van der Waals surface area contributed by atoms with Crippen LogP contribution in [-0.2, 0) is 13.1 Å². The molecule has 0 aliphatic carbocycles. The molecule has 0 aliphatic heterocycles. The molecular weight excluding hydrogens is 508 g/mol. The highest BCUT2D eigenvalue weighted by Gasteiger charge is 2.22. The summed E-state index contributed by atoms with van der Waals surface area (Å²) in [6.07, 6.45) is 0. The van der Waals surface area contributed by atoms with E-state index in [0.29, 0.717) is 28.6 Å². The van der Waals surface area contributed by atoms with Gasteiger partial charge in [0, 0.05) is 27.2 Å². The van der Waals surface area contributed by atoms with Gasteiger partial charge >= 0.3 is 0 Å². The second kappa shape index (κ2) is 10.1. The largest absolute Gasteiger partial charge is 0.504 e. The summed E-state index contributed by atoms with van der Waals surface area (Å²) in [7, 11) is 1.47. The topological polar surface area (TPSA) is 89.3 Å². The number of halogens is 2. The summed E-state index contributed by atoms with van der Waals surface area (Å²) in [6, 6.07) is 20.3. The Morgan fingerprint density at radius 1 is 1.15 bits per heavy atom. The van der Waals surface area contributed by atoms with Crippen molar-refractivity contribution in [3.8, 4) is 22.8 Å². The van der Waals surface area contributed by atoms with Crippen molar-refractivity contribution in [2.75, 3.05) is 7.11 Å². The van der Waals surface area contributed by atoms with E-state index in [-0.39, 0.29) is 18.0 Å². The summed E-state index contributed by atoms with van der Waals surface area (Å²) in [5.41, 5.74) is 3.01. The molecule has 0 saturated heterocycles. The lowest BCUT2D eigenvalue weighted by molar-refractivity contribution is 0.0946. The molecule has 4 aromatic rings. The molecule has 0 bridgehead atoms. The minimum absolute atomic E-state index is 0.0334. The van der Waals surface area contributed by atoms with Crippen molar-refractivity contribution in [1.82, 2.24) is 20.3 Å². The number of hydrogen-bond donors (Lipinski definition) is 2. The van der Waals surface area contributed by atoms with E-state index in [2.05, 4.69) is 31.6 Å². The first kappa shape index (κ1) is 22.8. The predicted molar refractivity (Wildman–Crippen MR) is 130 cm³/mol. The Kier molecular flexibility index (Phi) is 6.96. The zero-order chi connectivity index (χ0) is 23.4. The van der Waals surface area contributed by atoms with Gasteiger partial charge in [-0.15, -0.1) is 5.10 Å². The standard InChI is InChI=1S/C24H20BrClN4O3/c1-33-20-12-18(25)11-17(23(20)31)13-27-24(32)21-22(16-7-3-2-4-8-16)30(29-28-21)14-15-6-5-9-19(26)10-15/h2-12,31H,13-14H2,1H3,(H,27,32). The molecule has 1 heterocycles. The zero-order valence-corrected chi connectivity index (χ0v) is 20.0. The Labute approximate surface area is 204 Å². The van der Waals surface area contributed by atoms with Gasteiger partial charge in [-0.25, -0.2) is 4.68 Å². The van der Waals surface area contributed by atoms with Crippen LogP contribution in [0.2, 0.25) is 5.02 Å².